The highest BCUT2D eigenvalue weighted by Gasteiger charge is 2.14. The van der Waals surface area contributed by atoms with Crippen LogP contribution >= 0.6 is 15.9 Å². The van der Waals surface area contributed by atoms with Gasteiger partial charge < -0.3 is 11.5 Å². The first-order valence-corrected chi connectivity index (χ1v) is 4.51. The fourth-order valence-corrected chi connectivity index (χ4v) is 1.24. The number of amides is 2. The summed E-state index contributed by atoms with van der Waals surface area (Å²) in [5.41, 5.74) is 10.7. The number of hydrogen-bond donors (Lipinski definition) is 3. The Morgan fingerprint density at radius 2 is 1.79 bits per heavy atom. The summed E-state index contributed by atoms with van der Waals surface area (Å²) in [6.45, 7) is 0. The Morgan fingerprint density at radius 1 is 1.29 bits per heavy atom. The molecule has 0 saturated carbocycles. The van der Waals surface area contributed by atoms with Crippen molar-refractivity contribution in [1.82, 2.24) is 0 Å². The van der Waals surface area contributed by atoms with Crippen molar-refractivity contribution >= 4 is 33.6 Å². The Labute approximate surface area is 89.3 Å². The van der Waals surface area contributed by atoms with Crippen LogP contribution in [0.25, 0.3) is 0 Å². The monoisotopic (exact) mass is 256 g/mol. The molecule has 5 N–H and O–H groups in total. The molecule has 2 amide bonds. The zero-order valence-corrected chi connectivity index (χ0v) is 8.78. The van der Waals surface area contributed by atoms with Crippen molar-refractivity contribution in [2.75, 3.05) is 4.90 Å². The molecule has 0 spiro atoms. The van der Waals surface area contributed by atoms with Crippen LogP contribution in [0.15, 0.2) is 28.7 Å². The summed E-state index contributed by atoms with van der Waals surface area (Å²) in [5.74, 6) is -0.403. The summed E-state index contributed by atoms with van der Waals surface area (Å²) in [7, 11) is 0. The molecule has 14 heavy (non-hydrogen) atoms. The molecular formula is C8H9BrN4O. The minimum absolute atomic E-state index is 0.403. The average Bonchev–Trinajstić information content (AvgIpc) is 2.07. The molecule has 0 radical (unpaired) electrons. The van der Waals surface area contributed by atoms with E-state index in [1.807, 2.05) is 0 Å². The highest BCUT2D eigenvalue weighted by Crippen LogP contribution is 2.17. The molecule has 74 valence electrons. The van der Waals surface area contributed by atoms with Gasteiger partial charge in [-0.15, -0.1) is 0 Å². The number of rotatable bonds is 1. The lowest BCUT2D eigenvalue weighted by molar-refractivity contribution is 0.256. The Bertz CT molecular complexity index is 348. The number of nitrogens with zero attached hydrogens (tertiary/aromatic N) is 1. The van der Waals surface area contributed by atoms with Gasteiger partial charge in [0, 0.05) is 4.47 Å². The summed E-state index contributed by atoms with van der Waals surface area (Å²) in [6, 6.07) is 5.95. The van der Waals surface area contributed by atoms with Gasteiger partial charge in [-0.05, 0) is 24.3 Å². The Balaban J connectivity index is 3.06. The van der Waals surface area contributed by atoms with Crippen LogP contribution in [0.5, 0.6) is 0 Å². The van der Waals surface area contributed by atoms with Crippen molar-refractivity contribution in [3.63, 3.8) is 0 Å². The number of nitrogens with one attached hydrogen (secondary N) is 1. The van der Waals surface area contributed by atoms with Gasteiger partial charge in [0.2, 0.25) is 5.96 Å². The third-order valence-corrected chi connectivity index (χ3v) is 2.07. The van der Waals surface area contributed by atoms with Gasteiger partial charge in [-0.2, -0.15) is 0 Å². The summed E-state index contributed by atoms with van der Waals surface area (Å²) < 4.78 is 0.870. The van der Waals surface area contributed by atoms with Gasteiger partial charge in [0.15, 0.2) is 0 Å². The van der Waals surface area contributed by atoms with Gasteiger partial charge in [-0.25, -0.2) is 9.69 Å². The molecule has 1 aromatic carbocycles. The first-order chi connectivity index (χ1) is 6.52. The zero-order valence-electron chi connectivity index (χ0n) is 7.20. The van der Waals surface area contributed by atoms with E-state index in [-0.39, 0.29) is 0 Å². The molecule has 0 aliphatic rings. The van der Waals surface area contributed by atoms with Crippen LogP contribution in [0.1, 0.15) is 0 Å². The SMILES string of the molecule is N=C(N)N(C(N)=O)c1ccc(Br)cc1. The second kappa shape index (κ2) is 4.10. The lowest BCUT2D eigenvalue weighted by atomic mass is 10.3. The van der Waals surface area contributed by atoms with E-state index in [2.05, 4.69) is 15.9 Å². The maximum atomic E-state index is 10.9. The number of primary amides is 1. The van der Waals surface area contributed by atoms with Gasteiger partial charge in [-0.1, -0.05) is 15.9 Å². The van der Waals surface area contributed by atoms with Crippen molar-refractivity contribution in [3.8, 4) is 0 Å². The number of nitrogens with two attached hydrogens (primary N) is 2. The van der Waals surface area contributed by atoms with Crippen molar-refractivity contribution < 1.29 is 4.79 Å². The Hall–Kier alpha value is -1.56. The van der Waals surface area contributed by atoms with Gasteiger partial charge in [0.25, 0.3) is 0 Å². The second-order valence-electron chi connectivity index (χ2n) is 2.54. The molecule has 0 aromatic heterocycles. The normalized spacial score (nSPS) is 9.50. The second-order valence-corrected chi connectivity index (χ2v) is 3.45. The summed E-state index contributed by atoms with van der Waals surface area (Å²) in [5, 5.41) is 7.16. The number of carbonyl (C=O) groups is 1. The molecule has 0 heterocycles. The van der Waals surface area contributed by atoms with Crippen molar-refractivity contribution in [1.29, 1.82) is 5.41 Å². The van der Waals surface area contributed by atoms with Crippen LogP contribution in [-0.2, 0) is 0 Å². The highest BCUT2D eigenvalue weighted by atomic mass is 79.9. The predicted octanol–water partition coefficient (Wildman–Crippen LogP) is 1.23. The number of halogens is 1. The van der Waals surface area contributed by atoms with Gasteiger partial charge in [-0.3, -0.25) is 5.41 Å². The van der Waals surface area contributed by atoms with E-state index in [9.17, 15) is 4.79 Å². The smallest absolute Gasteiger partial charge is 0.326 e. The van der Waals surface area contributed by atoms with E-state index in [1.165, 1.54) is 0 Å². The molecule has 0 aliphatic carbocycles. The lowest BCUT2D eigenvalue weighted by Crippen LogP contribution is -2.44. The van der Waals surface area contributed by atoms with E-state index < -0.39 is 12.0 Å². The predicted molar refractivity (Wildman–Crippen MR) is 58.1 cm³/mol. The van der Waals surface area contributed by atoms with Crippen molar-refractivity contribution in [2.45, 2.75) is 0 Å². The van der Waals surface area contributed by atoms with Crippen LogP contribution < -0.4 is 16.4 Å². The minimum atomic E-state index is -0.778. The number of anilines is 1. The van der Waals surface area contributed by atoms with E-state index in [0.29, 0.717) is 5.69 Å². The summed E-state index contributed by atoms with van der Waals surface area (Å²) in [6.07, 6.45) is 0. The van der Waals surface area contributed by atoms with E-state index >= 15 is 0 Å². The molecule has 6 heteroatoms. The first-order valence-electron chi connectivity index (χ1n) is 3.71. The molecule has 0 fully saturated rings. The number of benzene rings is 1. The molecular weight excluding hydrogens is 248 g/mol. The number of urea groups is 1. The standard InChI is InChI=1S/C8H9BrN4O/c9-5-1-3-6(4-2-5)13(7(10)11)8(12)14/h1-4H,(H3,10,11)(H2,12,14). The lowest BCUT2D eigenvalue weighted by Gasteiger charge is -2.17. The molecule has 0 bridgehead atoms. The molecule has 0 aliphatic heterocycles. The molecule has 0 atom stereocenters. The average molecular weight is 257 g/mol. The number of hydrogen-bond acceptors (Lipinski definition) is 2. The largest absolute Gasteiger partial charge is 0.369 e. The summed E-state index contributed by atoms with van der Waals surface area (Å²) >= 11 is 3.25. The molecule has 0 saturated heterocycles. The third-order valence-electron chi connectivity index (χ3n) is 1.55. The molecule has 0 unspecified atom stereocenters. The Kier molecular flexibility index (Phi) is 3.08. The van der Waals surface area contributed by atoms with Crippen molar-refractivity contribution in [2.24, 2.45) is 11.5 Å². The molecule has 5 nitrogen and oxygen atoms in total. The van der Waals surface area contributed by atoms with Crippen LogP contribution in [0.3, 0.4) is 0 Å². The number of guanidine groups is 1. The van der Waals surface area contributed by atoms with E-state index in [0.717, 1.165) is 9.37 Å². The van der Waals surface area contributed by atoms with Gasteiger partial charge in [0.05, 0.1) is 5.69 Å². The fourth-order valence-electron chi connectivity index (χ4n) is 0.975. The molecule has 1 aromatic rings. The quantitative estimate of drug-likeness (QED) is 0.521. The minimum Gasteiger partial charge on any atom is -0.369 e. The van der Waals surface area contributed by atoms with Crippen LogP contribution in [-0.4, -0.2) is 12.0 Å². The fraction of sp³-hybridized carbons (Fsp3) is 0. The van der Waals surface area contributed by atoms with Crippen molar-refractivity contribution in [3.05, 3.63) is 28.7 Å². The number of carbonyl (C=O) groups excluding carboxylic acids is 1. The van der Waals surface area contributed by atoms with Crippen LogP contribution in [0.4, 0.5) is 10.5 Å². The van der Waals surface area contributed by atoms with E-state index in [1.54, 1.807) is 24.3 Å². The maximum absolute atomic E-state index is 10.9. The Morgan fingerprint density at radius 3 is 2.14 bits per heavy atom. The maximum Gasteiger partial charge on any atom is 0.326 e. The topological polar surface area (TPSA) is 96.2 Å². The van der Waals surface area contributed by atoms with E-state index in [4.69, 9.17) is 16.9 Å². The van der Waals surface area contributed by atoms with Gasteiger partial charge in [0.1, 0.15) is 0 Å². The highest BCUT2D eigenvalue weighted by molar-refractivity contribution is 9.10. The van der Waals surface area contributed by atoms with Crippen LogP contribution in [0.2, 0.25) is 0 Å². The van der Waals surface area contributed by atoms with Gasteiger partial charge >= 0.3 is 6.03 Å². The summed E-state index contributed by atoms with van der Waals surface area (Å²) in [4.78, 5) is 11.9. The first kappa shape index (κ1) is 10.5. The van der Waals surface area contributed by atoms with Crippen LogP contribution in [0, 0.1) is 5.41 Å². The zero-order chi connectivity index (χ0) is 10.7. The third kappa shape index (κ3) is 2.23. The molecule has 1 rings (SSSR count).